The highest BCUT2D eigenvalue weighted by molar-refractivity contribution is 5.87. The summed E-state index contributed by atoms with van der Waals surface area (Å²) in [6.07, 6.45) is 0.197. The first-order chi connectivity index (χ1) is 11.1. The second-order valence-electron chi connectivity index (χ2n) is 5.42. The number of ether oxygens (including phenoxy) is 1. The number of amides is 1. The van der Waals surface area contributed by atoms with Crippen LogP contribution in [-0.2, 0) is 22.5 Å². The molecule has 1 heterocycles. The number of hydrogen-bond donors (Lipinski definition) is 2. The van der Waals surface area contributed by atoms with Gasteiger partial charge in [-0.15, -0.1) is 0 Å². The number of rotatable bonds is 4. The van der Waals surface area contributed by atoms with E-state index < -0.39 is 12.1 Å². The van der Waals surface area contributed by atoms with Crippen molar-refractivity contribution in [3.05, 3.63) is 70.8 Å². The van der Waals surface area contributed by atoms with Gasteiger partial charge in [0.1, 0.15) is 0 Å². The second-order valence-corrected chi connectivity index (χ2v) is 5.42. The summed E-state index contributed by atoms with van der Waals surface area (Å²) in [6, 6.07) is 14.3. The van der Waals surface area contributed by atoms with Gasteiger partial charge in [-0.1, -0.05) is 36.4 Å². The number of carboxylic acids is 1. The van der Waals surface area contributed by atoms with Crippen molar-refractivity contribution in [2.75, 3.05) is 6.61 Å². The van der Waals surface area contributed by atoms with Gasteiger partial charge in [-0.2, -0.15) is 0 Å². The first-order valence-corrected chi connectivity index (χ1v) is 7.44. The average Bonchev–Trinajstić information content (AvgIpc) is 2.59. The van der Waals surface area contributed by atoms with Crippen LogP contribution < -0.4 is 5.32 Å². The van der Waals surface area contributed by atoms with Crippen LogP contribution in [-0.4, -0.2) is 23.6 Å². The zero-order valence-electron chi connectivity index (χ0n) is 12.5. The first-order valence-electron chi connectivity index (χ1n) is 7.44. The third-order valence-electron chi connectivity index (χ3n) is 3.87. The fourth-order valence-electron chi connectivity index (χ4n) is 2.71. The lowest BCUT2D eigenvalue weighted by Gasteiger charge is -2.25. The maximum atomic E-state index is 12.4. The van der Waals surface area contributed by atoms with Gasteiger partial charge >= 0.3 is 5.97 Å². The maximum absolute atomic E-state index is 12.4. The van der Waals surface area contributed by atoms with Crippen LogP contribution in [0.4, 0.5) is 0 Å². The predicted octanol–water partition coefficient (Wildman–Crippen LogP) is 2.32. The summed E-state index contributed by atoms with van der Waals surface area (Å²) in [4.78, 5) is 23.4. The highest BCUT2D eigenvalue weighted by atomic mass is 16.5. The van der Waals surface area contributed by atoms with Crippen LogP contribution in [0.2, 0.25) is 0 Å². The minimum Gasteiger partial charge on any atom is -0.478 e. The van der Waals surface area contributed by atoms with Crippen LogP contribution in [0.1, 0.15) is 33.2 Å². The Morgan fingerprint density at radius 3 is 2.83 bits per heavy atom. The Morgan fingerprint density at radius 2 is 2.00 bits per heavy atom. The van der Waals surface area contributed by atoms with Gasteiger partial charge in [0.2, 0.25) is 0 Å². The monoisotopic (exact) mass is 311 g/mol. The van der Waals surface area contributed by atoms with Crippen molar-refractivity contribution < 1.29 is 19.4 Å². The number of nitrogens with one attached hydrogen (secondary N) is 1. The Morgan fingerprint density at radius 1 is 1.17 bits per heavy atom. The number of fused-ring (bicyclic) bond motifs is 1. The molecule has 0 aliphatic carbocycles. The highest BCUT2D eigenvalue weighted by Gasteiger charge is 2.26. The van der Waals surface area contributed by atoms with Crippen molar-refractivity contribution in [2.24, 2.45) is 0 Å². The molecule has 2 aromatic carbocycles. The van der Waals surface area contributed by atoms with E-state index in [4.69, 9.17) is 9.84 Å². The molecule has 0 fully saturated rings. The lowest BCUT2D eigenvalue weighted by atomic mass is 9.97. The molecule has 0 bridgehead atoms. The van der Waals surface area contributed by atoms with E-state index in [-0.39, 0.29) is 18.0 Å². The fraction of sp³-hybridized carbons (Fsp3) is 0.222. The van der Waals surface area contributed by atoms with Gasteiger partial charge in [-0.05, 0) is 35.2 Å². The summed E-state index contributed by atoms with van der Waals surface area (Å²) in [5.74, 6) is -1.19. The molecule has 1 aliphatic rings. The Bertz CT molecular complexity index is 741. The van der Waals surface area contributed by atoms with Gasteiger partial charge in [0.15, 0.2) is 6.10 Å². The molecule has 2 aromatic rings. The molecule has 0 radical (unpaired) electrons. The van der Waals surface area contributed by atoms with Crippen LogP contribution >= 0.6 is 0 Å². The Kier molecular flexibility index (Phi) is 4.39. The standard InChI is InChI=1S/C18H17NO4/c20-17(16-15-7-2-1-5-13(15)8-9-23-16)19-11-12-4-3-6-14(10-12)18(21)22/h1-7,10,16H,8-9,11H2,(H,19,20)(H,21,22)/t16-/m1/s1. The summed E-state index contributed by atoms with van der Waals surface area (Å²) in [5.41, 5.74) is 2.97. The normalized spacial score (nSPS) is 16.4. The van der Waals surface area contributed by atoms with E-state index in [1.54, 1.807) is 18.2 Å². The summed E-state index contributed by atoms with van der Waals surface area (Å²) in [7, 11) is 0. The second kappa shape index (κ2) is 6.62. The largest absolute Gasteiger partial charge is 0.478 e. The topological polar surface area (TPSA) is 75.6 Å². The van der Waals surface area contributed by atoms with Crippen molar-refractivity contribution in [1.82, 2.24) is 5.32 Å². The van der Waals surface area contributed by atoms with E-state index in [0.29, 0.717) is 6.61 Å². The van der Waals surface area contributed by atoms with Crippen molar-refractivity contribution in [2.45, 2.75) is 19.1 Å². The van der Waals surface area contributed by atoms with Crippen molar-refractivity contribution in [3.63, 3.8) is 0 Å². The predicted molar refractivity (Wildman–Crippen MR) is 84.1 cm³/mol. The summed E-state index contributed by atoms with van der Waals surface area (Å²) in [5, 5.41) is 11.8. The number of carboxylic acid groups (broad SMARTS) is 1. The number of benzene rings is 2. The van der Waals surface area contributed by atoms with Gasteiger partial charge in [-0.3, -0.25) is 4.79 Å². The molecule has 5 nitrogen and oxygen atoms in total. The van der Waals surface area contributed by atoms with Crippen LogP contribution in [0.5, 0.6) is 0 Å². The molecule has 3 rings (SSSR count). The van der Waals surface area contributed by atoms with Gasteiger partial charge < -0.3 is 15.2 Å². The van der Waals surface area contributed by atoms with E-state index in [0.717, 1.165) is 23.1 Å². The average molecular weight is 311 g/mol. The van der Waals surface area contributed by atoms with E-state index in [1.807, 2.05) is 24.3 Å². The van der Waals surface area contributed by atoms with Crippen LogP contribution in [0.3, 0.4) is 0 Å². The van der Waals surface area contributed by atoms with Crippen LogP contribution in [0.15, 0.2) is 48.5 Å². The third kappa shape index (κ3) is 3.40. The molecular formula is C18H17NO4. The summed E-state index contributed by atoms with van der Waals surface area (Å²) >= 11 is 0. The Labute approximate surface area is 133 Å². The molecule has 0 spiro atoms. The zero-order valence-corrected chi connectivity index (χ0v) is 12.5. The minimum absolute atomic E-state index is 0.205. The molecule has 23 heavy (non-hydrogen) atoms. The minimum atomic E-state index is -0.984. The van der Waals surface area contributed by atoms with E-state index in [9.17, 15) is 9.59 Å². The smallest absolute Gasteiger partial charge is 0.335 e. The Hall–Kier alpha value is -2.66. The zero-order chi connectivity index (χ0) is 16.2. The SMILES string of the molecule is O=C(O)c1cccc(CNC(=O)[C@@H]2OCCc3ccccc32)c1. The van der Waals surface area contributed by atoms with E-state index in [1.165, 1.54) is 6.07 Å². The summed E-state index contributed by atoms with van der Waals surface area (Å²) < 4.78 is 5.61. The summed E-state index contributed by atoms with van der Waals surface area (Å²) in [6.45, 7) is 0.783. The lowest BCUT2D eigenvalue weighted by Crippen LogP contribution is -2.33. The molecule has 118 valence electrons. The van der Waals surface area contributed by atoms with E-state index >= 15 is 0 Å². The van der Waals surface area contributed by atoms with Crippen LogP contribution in [0, 0.1) is 0 Å². The fourth-order valence-corrected chi connectivity index (χ4v) is 2.71. The number of carbonyl (C=O) groups excluding carboxylic acids is 1. The van der Waals surface area contributed by atoms with Gasteiger partial charge in [0, 0.05) is 6.54 Å². The number of hydrogen-bond acceptors (Lipinski definition) is 3. The quantitative estimate of drug-likeness (QED) is 0.908. The molecule has 2 N–H and O–H groups in total. The molecule has 1 amide bonds. The van der Waals surface area contributed by atoms with Gasteiger partial charge in [-0.25, -0.2) is 4.79 Å². The van der Waals surface area contributed by atoms with E-state index in [2.05, 4.69) is 5.32 Å². The van der Waals surface area contributed by atoms with Crippen molar-refractivity contribution >= 4 is 11.9 Å². The molecule has 0 unspecified atom stereocenters. The lowest BCUT2D eigenvalue weighted by molar-refractivity contribution is -0.134. The number of aromatic carboxylic acids is 1. The molecule has 0 aromatic heterocycles. The molecule has 1 atom stereocenters. The highest BCUT2D eigenvalue weighted by Crippen LogP contribution is 2.27. The third-order valence-corrected chi connectivity index (χ3v) is 3.87. The molecule has 5 heteroatoms. The molecular weight excluding hydrogens is 294 g/mol. The maximum Gasteiger partial charge on any atom is 0.335 e. The van der Waals surface area contributed by atoms with Crippen molar-refractivity contribution in [3.8, 4) is 0 Å². The Balaban J connectivity index is 1.69. The molecule has 0 saturated carbocycles. The van der Waals surface area contributed by atoms with Crippen LogP contribution in [0.25, 0.3) is 0 Å². The number of carbonyl (C=O) groups is 2. The van der Waals surface area contributed by atoms with Gasteiger partial charge in [0.05, 0.1) is 12.2 Å². The molecule has 0 saturated heterocycles. The molecule has 1 aliphatic heterocycles. The first kappa shape index (κ1) is 15.2. The van der Waals surface area contributed by atoms with Gasteiger partial charge in [0.25, 0.3) is 5.91 Å². The van der Waals surface area contributed by atoms with Crippen molar-refractivity contribution in [1.29, 1.82) is 0 Å².